The molecule has 3 rings (SSSR count). The summed E-state index contributed by atoms with van der Waals surface area (Å²) < 4.78 is 13.0. The maximum absolute atomic E-state index is 6.03. The molecule has 4 heteroatoms. The fourth-order valence-corrected chi connectivity index (χ4v) is 2.53. The third kappa shape index (κ3) is 2.52. The Morgan fingerprint density at radius 3 is 2.48 bits per heavy atom. The minimum atomic E-state index is 0.507. The summed E-state index contributed by atoms with van der Waals surface area (Å²) in [7, 11) is 3.64. The van der Waals surface area contributed by atoms with Crippen molar-refractivity contribution in [2.45, 2.75) is 6.61 Å². The van der Waals surface area contributed by atoms with Crippen LogP contribution in [-0.4, -0.2) is 11.7 Å². The average Bonchev–Trinajstić information content (AvgIpc) is 2.83. The topological polar surface area (TPSA) is 49.4 Å². The number of aryl methyl sites for hydroxylation is 1. The first-order valence-corrected chi connectivity index (χ1v) is 6.78. The number of rotatable bonds is 4. The molecule has 0 aliphatic heterocycles. The molecule has 1 heterocycles. The summed E-state index contributed by atoms with van der Waals surface area (Å²) in [5.41, 5.74) is 8.99. The van der Waals surface area contributed by atoms with E-state index in [0.29, 0.717) is 6.61 Å². The van der Waals surface area contributed by atoms with Crippen molar-refractivity contribution in [2.75, 3.05) is 12.8 Å². The summed E-state index contributed by atoms with van der Waals surface area (Å²) in [5.74, 6) is 1.64. The average molecular weight is 282 g/mol. The third-order valence-corrected chi connectivity index (χ3v) is 3.57. The molecule has 0 atom stereocenters. The van der Waals surface area contributed by atoms with Crippen molar-refractivity contribution in [3.63, 3.8) is 0 Å². The van der Waals surface area contributed by atoms with Gasteiger partial charge >= 0.3 is 0 Å². The molecule has 108 valence electrons. The van der Waals surface area contributed by atoms with Gasteiger partial charge < -0.3 is 19.8 Å². The van der Waals surface area contributed by atoms with Crippen LogP contribution in [0.5, 0.6) is 11.5 Å². The smallest absolute Gasteiger partial charge is 0.120 e. The Morgan fingerprint density at radius 1 is 1.05 bits per heavy atom. The van der Waals surface area contributed by atoms with Crippen molar-refractivity contribution in [1.29, 1.82) is 0 Å². The lowest BCUT2D eigenvalue weighted by molar-refractivity contribution is 0.306. The van der Waals surface area contributed by atoms with E-state index in [1.807, 2.05) is 48.0 Å². The van der Waals surface area contributed by atoms with Gasteiger partial charge in [0.05, 0.1) is 18.3 Å². The Hall–Kier alpha value is -2.62. The second-order valence-electron chi connectivity index (χ2n) is 4.97. The summed E-state index contributed by atoms with van der Waals surface area (Å²) >= 11 is 0. The fraction of sp³-hybridized carbons (Fsp3) is 0.176. The van der Waals surface area contributed by atoms with Gasteiger partial charge in [0.1, 0.15) is 18.1 Å². The zero-order valence-electron chi connectivity index (χ0n) is 12.2. The number of hydrogen-bond acceptors (Lipinski definition) is 3. The highest BCUT2D eigenvalue weighted by atomic mass is 16.5. The van der Waals surface area contributed by atoms with Crippen molar-refractivity contribution in [1.82, 2.24) is 4.57 Å². The van der Waals surface area contributed by atoms with E-state index in [-0.39, 0.29) is 0 Å². The van der Waals surface area contributed by atoms with Gasteiger partial charge in [-0.05, 0) is 30.3 Å². The van der Waals surface area contributed by atoms with Gasteiger partial charge in [0, 0.05) is 24.2 Å². The monoisotopic (exact) mass is 282 g/mol. The van der Waals surface area contributed by atoms with E-state index >= 15 is 0 Å². The Morgan fingerprint density at radius 2 is 1.76 bits per heavy atom. The van der Waals surface area contributed by atoms with Gasteiger partial charge in [-0.15, -0.1) is 0 Å². The molecule has 3 aromatic rings. The molecule has 21 heavy (non-hydrogen) atoms. The SMILES string of the molecule is COc1ccc(OCc2cn(C)c3c(N)cccc23)cc1. The molecule has 0 aliphatic rings. The fourth-order valence-electron chi connectivity index (χ4n) is 2.53. The van der Waals surface area contributed by atoms with Gasteiger partial charge in [0.2, 0.25) is 0 Å². The zero-order valence-corrected chi connectivity index (χ0v) is 12.2. The highest BCUT2D eigenvalue weighted by Crippen LogP contribution is 2.27. The van der Waals surface area contributed by atoms with Gasteiger partial charge in [0.25, 0.3) is 0 Å². The Labute approximate surface area is 123 Å². The van der Waals surface area contributed by atoms with Crippen LogP contribution in [0.4, 0.5) is 5.69 Å². The standard InChI is InChI=1S/C17H18N2O2/c1-19-10-12(15-4-3-5-16(18)17(15)19)11-21-14-8-6-13(20-2)7-9-14/h3-10H,11,18H2,1-2H3. The first-order valence-electron chi connectivity index (χ1n) is 6.78. The normalized spacial score (nSPS) is 10.8. The zero-order chi connectivity index (χ0) is 14.8. The Bertz CT molecular complexity index is 760. The highest BCUT2D eigenvalue weighted by molar-refractivity contribution is 5.93. The van der Waals surface area contributed by atoms with E-state index in [0.717, 1.165) is 33.7 Å². The van der Waals surface area contributed by atoms with Crippen molar-refractivity contribution in [2.24, 2.45) is 7.05 Å². The largest absolute Gasteiger partial charge is 0.497 e. The molecule has 0 bridgehead atoms. The summed E-state index contributed by atoms with van der Waals surface area (Å²) in [5, 5.41) is 1.13. The van der Waals surface area contributed by atoms with Crippen LogP contribution in [0, 0.1) is 0 Å². The number of aromatic nitrogens is 1. The number of methoxy groups -OCH3 is 1. The maximum atomic E-state index is 6.03. The van der Waals surface area contributed by atoms with Crippen molar-refractivity contribution in [3.8, 4) is 11.5 Å². The number of fused-ring (bicyclic) bond motifs is 1. The lowest BCUT2D eigenvalue weighted by atomic mass is 10.1. The van der Waals surface area contributed by atoms with Crippen molar-refractivity contribution < 1.29 is 9.47 Å². The van der Waals surface area contributed by atoms with Crippen molar-refractivity contribution >= 4 is 16.6 Å². The van der Waals surface area contributed by atoms with Crippen LogP contribution in [0.2, 0.25) is 0 Å². The molecule has 0 saturated heterocycles. The van der Waals surface area contributed by atoms with E-state index in [2.05, 4.69) is 12.3 Å². The third-order valence-electron chi connectivity index (χ3n) is 3.57. The molecule has 2 aromatic carbocycles. The first kappa shape index (κ1) is 13.4. The van der Waals surface area contributed by atoms with Gasteiger partial charge in [-0.25, -0.2) is 0 Å². The summed E-state index contributed by atoms with van der Waals surface area (Å²) in [6.07, 6.45) is 2.06. The molecule has 0 fully saturated rings. The van der Waals surface area contributed by atoms with E-state index in [9.17, 15) is 0 Å². The van der Waals surface area contributed by atoms with E-state index < -0.39 is 0 Å². The summed E-state index contributed by atoms with van der Waals surface area (Å²) in [4.78, 5) is 0. The molecule has 0 saturated carbocycles. The second-order valence-corrected chi connectivity index (χ2v) is 4.97. The van der Waals surface area contributed by atoms with E-state index in [1.54, 1.807) is 7.11 Å². The molecule has 0 unspecified atom stereocenters. The quantitative estimate of drug-likeness (QED) is 0.747. The van der Waals surface area contributed by atoms with Crippen LogP contribution < -0.4 is 15.2 Å². The van der Waals surface area contributed by atoms with Crippen LogP contribution in [-0.2, 0) is 13.7 Å². The molecule has 4 nitrogen and oxygen atoms in total. The number of nitrogens with two attached hydrogens (primary N) is 1. The Balaban J connectivity index is 1.83. The van der Waals surface area contributed by atoms with Gasteiger partial charge in [-0.1, -0.05) is 12.1 Å². The molecule has 0 aliphatic carbocycles. The summed E-state index contributed by atoms with van der Waals surface area (Å²) in [6.45, 7) is 0.507. The van der Waals surface area contributed by atoms with Crippen LogP contribution >= 0.6 is 0 Å². The molecule has 1 aromatic heterocycles. The predicted octanol–water partition coefficient (Wildman–Crippen LogP) is 3.35. The molecule has 2 N–H and O–H groups in total. The van der Waals surface area contributed by atoms with Crippen LogP contribution in [0.15, 0.2) is 48.7 Å². The van der Waals surface area contributed by atoms with Crippen molar-refractivity contribution in [3.05, 3.63) is 54.2 Å². The van der Waals surface area contributed by atoms with Crippen LogP contribution in [0.25, 0.3) is 10.9 Å². The first-order chi connectivity index (χ1) is 10.2. The predicted molar refractivity (Wildman–Crippen MR) is 84.7 cm³/mol. The molecule has 0 radical (unpaired) electrons. The number of nitrogens with zero attached hydrogens (tertiary/aromatic N) is 1. The van der Waals surface area contributed by atoms with Crippen LogP contribution in [0.1, 0.15) is 5.56 Å². The molecule has 0 spiro atoms. The highest BCUT2D eigenvalue weighted by Gasteiger charge is 2.09. The number of nitrogen functional groups attached to an aromatic ring is 1. The van der Waals surface area contributed by atoms with E-state index in [4.69, 9.17) is 15.2 Å². The second kappa shape index (κ2) is 5.40. The van der Waals surface area contributed by atoms with Crippen LogP contribution in [0.3, 0.4) is 0 Å². The Kier molecular flexibility index (Phi) is 3.44. The summed E-state index contributed by atoms with van der Waals surface area (Å²) in [6, 6.07) is 13.5. The number of para-hydroxylation sites is 1. The molecule has 0 amide bonds. The number of ether oxygens (including phenoxy) is 2. The lowest BCUT2D eigenvalue weighted by Gasteiger charge is -2.06. The number of anilines is 1. The lowest BCUT2D eigenvalue weighted by Crippen LogP contribution is -1.94. The van der Waals surface area contributed by atoms with Gasteiger partial charge in [-0.2, -0.15) is 0 Å². The van der Waals surface area contributed by atoms with E-state index in [1.165, 1.54) is 0 Å². The maximum Gasteiger partial charge on any atom is 0.120 e. The van der Waals surface area contributed by atoms with Gasteiger partial charge in [-0.3, -0.25) is 0 Å². The molecular formula is C17H18N2O2. The minimum absolute atomic E-state index is 0.507. The number of hydrogen-bond donors (Lipinski definition) is 1. The number of benzene rings is 2. The molecular weight excluding hydrogens is 264 g/mol. The minimum Gasteiger partial charge on any atom is -0.497 e. The van der Waals surface area contributed by atoms with Gasteiger partial charge in [0.15, 0.2) is 0 Å².